The van der Waals surface area contributed by atoms with Crippen LogP contribution in [0.3, 0.4) is 0 Å². The lowest BCUT2D eigenvalue weighted by atomic mass is 10.2. The van der Waals surface area contributed by atoms with Gasteiger partial charge in [-0.05, 0) is 24.1 Å². The van der Waals surface area contributed by atoms with E-state index in [2.05, 4.69) is 0 Å². The predicted molar refractivity (Wildman–Crippen MR) is 73.6 cm³/mol. The number of nitrogen functional groups attached to an aromatic ring is 1. The molecule has 0 aliphatic rings. The van der Waals surface area contributed by atoms with Gasteiger partial charge in [-0.1, -0.05) is 13.8 Å². The molecular weight excluding hydrogens is 285 g/mol. The summed E-state index contributed by atoms with van der Waals surface area (Å²) in [6, 6.07) is 3.20. The Balaban J connectivity index is 3.20. The van der Waals surface area contributed by atoms with E-state index >= 15 is 0 Å². The van der Waals surface area contributed by atoms with Crippen LogP contribution in [0.5, 0.6) is 0 Å². The van der Waals surface area contributed by atoms with Crippen molar-refractivity contribution in [3.63, 3.8) is 0 Å². The van der Waals surface area contributed by atoms with Crippen molar-refractivity contribution < 1.29 is 17.6 Å². The molecule has 20 heavy (non-hydrogen) atoms. The first-order valence-electron chi connectivity index (χ1n) is 5.98. The summed E-state index contributed by atoms with van der Waals surface area (Å²) in [6.07, 6.45) is 0. The van der Waals surface area contributed by atoms with Crippen molar-refractivity contribution in [2.24, 2.45) is 11.7 Å². The first-order valence-corrected chi connectivity index (χ1v) is 7.42. The zero-order valence-electron chi connectivity index (χ0n) is 11.3. The van der Waals surface area contributed by atoms with Crippen LogP contribution in [-0.2, 0) is 14.8 Å². The molecule has 1 aromatic carbocycles. The number of amides is 1. The molecular formula is C12H18FN3O3S. The molecule has 1 amide bonds. The van der Waals surface area contributed by atoms with E-state index in [1.807, 2.05) is 0 Å². The van der Waals surface area contributed by atoms with Crippen molar-refractivity contribution >= 4 is 21.6 Å². The van der Waals surface area contributed by atoms with Crippen molar-refractivity contribution in [1.82, 2.24) is 4.31 Å². The molecule has 1 rings (SSSR count). The maximum absolute atomic E-state index is 13.4. The highest BCUT2D eigenvalue weighted by atomic mass is 32.2. The molecule has 0 aliphatic heterocycles. The number of anilines is 1. The lowest BCUT2D eigenvalue weighted by Crippen LogP contribution is -2.40. The number of hydrogen-bond donors (Lipinski definition) is 2. The zero-order chi connectivity index (χ0) is 15.5. The number of primary amides is 1. The highest BCUT2D eigenvalue weighted by Gasteiger charge is 2.27. The summed E-state index contributed by atoms with van der Waals surface area (Å²) in [5.41, 5.74) is 10.2. The molecule has 0 bridgehead atoms. The Morgan fingerprint density at radius 1 is 1.40 bits per heavy atom. The van der Waals surface area contributed by atoms with E-state index in [0.29, 0.717) is 0 Å². The molecule has 6 nitrogen and oxygen atoms in total. The summed E-state index contributed by atoms with van der Waals surface area (Å²) < 4.78 is 39.1. The van der Waals surface area contributed by atoms with Gasteiger partial charge in [0.05, 0.1) is 17.1 Å². The first-order chi connectivity index (χ1) is 9.14. The van der Waals surface area contributed by atoms with Crippen LogP contribution >= 0.6 is 0 Å². The molecule has 1 aromatic rings. The number of nitrogens with zero attached hydrogens (tertiary/aromatic N) is 1. The average molecular weight is 303 g/mol. The van der Waals surface area contributed by atoms with Crippen LogP contribution in [0.2, 0.25) is 0 Å². The molecule has 4 N–H and O–H groups in total. The number of carbonyl (C=O) groups excluding carboxylic acids is 1. The lowest BCUT2D eigenvalue weighted by molar-refractivity contribution is -0.118. The topological polar surface area (TPSA) is 106 Å². The van der Waals surface area contributed by atoms with Crippen molar-refractivity contribution in [1.29, 1.82) is 0 Å². The molecule has 0 saturated heterocycles. The Bertz CT molecular complexity index is 602. The summed E-state index contributed by atoms with van der Waals surface area (Å²) in [5.74, 6) is -1.61. The minimum Gasteiger partial charge on any atom is -0.396 e. The molecule has 112 valence electrons. The fourth-order valence-corrected chi connectivity index (χ4v) is 3.23. The second kappa shape index (κ2) is 6.19. The fraction of sp³-hybridized carbons (Fsp3) is 0.417. The van der Waals surface area contributed by atoms with Crippen LogP contribution in [0.25, 0.3) is 0 Å². The number of halogens is 1. The third kappa shape index (κ3) is 3.91. The number of carbonyl (C=O) groups is 1. The maximum atomic E-state index is 13.4. The van der Waals surface area contributed by atoms with Gasteiger partial charge in [0.2, 0.25) is 15.9 Å². The first kappa shape index (κ1) is 16.4. The van der Waals surface area contributed by atoms with Gasteiger partial charge in [0.25, 0.3) is 0 Å². The van der Waals surface area contributed by atoms with E-state index in [4.69, 9.17) is 11.5 Å². The number of rotatable bonds is 6. The second-order valence-electron chi connectivity index (χ2n) is 4.84. The molecule has 0 saturated carbocycles. The molecule has 0 spiro atoms. The molecule has 0 aromatic heterocycles. The second-order valence-corrected chi connectivity index (χ2v) is 6.78. The van der Waals surface area contributed by atoms with Crippen LogP contribution in [-0.4, -0.2) is 31.7 Å². The quantitative estimate of drug-likeness (QED) is 0.748. The monoisotopic (exact) mass is 303 g/mol. The van der Waals surface area contributed by atoms with Gasteiger partial charge in [-0.15, -0.1) is 0 Å². The minimum absolute atomic E-state index is 0.0113. The van der Waals surface area contributed by atoms with Crippen LogP contribution in [0.1, 0.15) is 13.8 Å². The van der Waals surface area contributed by atoms with Gasteiger partial charge in [0.15, 0.2) is 0 Å². The molecule has 0 unspecified atom stereocenters. The van der Waals surface area contributed by atoms with E-state index in [0.717, 1.165) is 10.4 Å². The van der Waals surface area contributed by atoms with Gasteiger partial charge in [0, 0.05) is 6.54 Å². The number of hydrogen-bond acceptors (Lipinski definition) is 4. The van der Waals surface area contributed by atoms with Gasteiger partial charge in [-0.3, -0.25) is 4.79 Å². The van der Waals surface area contributed by atoms with Crippen LogP contribution in [0.15, 0.2) is 23.1 Å². The third-order valence-corrected chi connectivity index (χ3v) is 4.32. The highest BCUT2D eigenvalue weighted by Crippen LogP contribution is 2.20. The molecule has 0 atom stereocenters. The fourth-order valence-electron chi connectivity index (χ4n) is 1.65. The van der Waals surface area contributed by atoms with Crippen molar-refractivity contribution in [3.05, 3.63) is 24.0 Å². The Morgan fingerprint density at radius 2 is 2.00 bits per heavy atom. The van der Waals surface area contributed by atoms with Gasteiger partial charge in [-0.25, -0.2) is 12.8 Å². The zero-order valence-corrected chi connectivity index (χ0v) is 12.2. The standard InChI is InChI=1S/C12H18FN3O3S/c1-8(2)6-16(7-12(15)17)20(18,19)9-3-4-11(14)10(13)5-9/h3-5,8H,6-7,14H2,1-2H3,(H2,15,17). The summed E-state index contributed by atoms with van der Waals surface area (Å²) in [5, 5.41) is 0. The van der Waals surface area contributed by atoms with Crippen LogP contribution in [0, 0.1) is 11.7 Å². The number of benzene rings is 1. The SMILES string of the molecule is CC(C)CN(CC(N)=O)S(=O)(=O)c1ccc(N)c(F)c1. The van der Waals surface area contributed by atoms with E-state index in [9.17, 15) is 17.6 Å². The normalized spacial score (nSPS) is 12.1. The Morgan fingerprint density at radius 3 is 2.45 bits per heavy atom. The van der Waals surface area contributed by atoms with E-state index < -0.39 is 28.3 Å². The smallest absolute Gasteiger partial charge is 0.243 e. The summed E-state index contributed by atoms with van der Waals surface area (Å²) in [7, 11) is -3.99. The van der Waals surface area contributed by atoms with E-state index in [1.54, 1.807) is 13.8 Å². The summed E-state index contributed by atoms with van der Waals surface area (Å²) >= 11 is 0. The molecule has 8 heteroatoms. The lowest BCUT2D eigenvalue weighted by Gasteiger charge is -2.22. The largest absolute Gasteiger partial charge is 0.396 e. The Hall–Kier alpha value is -1.67. The minimum atomic E-state index is -3.99. The van der Waals surface area contributed by atoms with Crippen molar-refractivity contribution in [3.8, 4) is 0 Å². The summed E-state index contributed by atoms with van der Waals surface area (Å²) in [4.78, 5) is 10.8. The predicted octanol–water partition coefficient (Wildman–Crippen LogP) is 0.540. The Kier molecular flexibility index (Phi) is 5.07. The molecule has 0 fully saturated rings. The third-order valence-electron chi connectivity index (χ3n) is 2.51. The number of nitrogens with two attached hydrogens (primary N) is 2. The Labute approximate surface area is 117 Å². The highest BCUT2D eigenvalue weighted by molar-refractivity contribution is 7.89. The molecule has 0 radical (unpaired) electrons. The van der Waals surface area contributed by atoms with Crippen molar-refractivity contribution in [2.45, 2.75) is 18.7 Å². The van der Waals surface area contributed by atoms with Crippen LogP contribution in [0.4, 0.5) is 10.1 Å². The summed E-state index contributed by atoms with van der Waals surface area (Å²) in [6.45, 7) is 3.25. The van der Waals surface area contributed by atoms with Gasteiger partial charge < -0.3 is 11.5 Å². The number of sulfonamides is 1. The van der Waals surface area contributed by atoms with E-state index in [-0.39, 0.29) is 23.0 Å². The maximum Gasteiger partial charge on any atom is 0.243 e. The van der Waals surface area contributed by atoms with Gasteiger partial charge in [-0.2, -0.15) is 4.31 Å². The van der Waals surface area contributed by atoms with Crippen LogP contribution < -0.4 is 11.5 Å². The van der Waals surface area contributed by atoms with Crippen molar-refractivity contribution in [2.75, 3.05) is 18.8 Å². The molecule has 0 heterocycles. The van der Waals surface area contributed by atoms with Gasteiger partial charge in [0.1, 0.15) is 5.82 Å². The molecule has 0 aliphatic carbocycles. The average Bonchev–Trinajstić information content (AvgIpc) is 2.30. The van der Waals surface area contributed by atoms with E-state index in [1.165, 1.54) is 12.1 Å². The van der Waals surface area contributed by atoms with Gasteiger partial charge >= 0.3 is 0 Å².